The van der Waals surface area contributed by atoms with Crippen molar-refractivity contribution in [1.82, 2.24) is 15.5 Å². The van der Waals surface area contributed by atoms with Crippen molar-refractivity contribution in [2.45, 2.75) is 70.1 Å². The molecule has 3 N–H and O–H groups in total. The Hall–Kier alpha value is -0.620. The van der Waals surface area contributed by atoms with Crippen molar-refractivity contribution in [3.8, 4) is 0 Å². The predicted molar refractivity (Wildman–Crippen MR) is 98.2 cm³/mol. The quantitative estimate of drug-likeness (QED) is 0.791. The van der Waals surface area contributed by atoms with Gasteiger partial charge in [-0.25, -0.2) is 0 Å². The summed E-state index contributed by atoms with van der Waals surface area (Å²) in [5.74, 6) is 0. The van der Waals surface area contributed by atoms with Crippen molar-refractivity contribution in [3.63, 3.8) is 0 Å². The third-order valence-electron chi connectivity index (χ3n) is 6.03. The fraction of sp³-hybridized carbons (Fsp3) is 0.778. The van der Waals surface area contributed by atoms with Crippen molar-refractivity contribution in [2.24, 2.45) is 0 Å². The van der Waals surface area contributed by atoms with Gasteiger partial charge >= 0.3 is 0 Å². The fourth-order valence-corrected chi connectivity index (χ4v) is 5.84. The van der Waals surface area contributed by atoms with Crippen LogP contribution in [0.1, 0.15) is 61.2 Å². The number of nitrogens with one attached hydrogen (secondary N) is 3. The van der Waals surface area contributed by atoms with Gasteiger partial charge in [-0.15, -0.1) is 11.3 Å². The Morgan fingerprint density at radius 2 is 2.04 bits per heavy atom. The van der Waals surface area contributed by atoms with Crippen molar-refractivity contribution >= 4 is 16.3 Å². The number of thiophene rings is 1. The van der Waals surface area contributed by atoms with E-state index in [-0.39, 0.29) is 0 Å². The normalized spacial score (nSPS) is 30.1. The molecule has 2 aliphatic carbocycles. The number of rotatable bonds is 4. The number of aryl methyl sites for hydroxylation is 1. The van der Waals surface area contributed by atoms with E-state index in [0.29, 0.717) is 12.2 Å². The third-order valence-corrected chi connectivity index (χ3v) is 7.29. The molecule has 4 nitrogen and oxygen atoms in total. The number of hydrogen-bond acceptors (Lipinski definition) is 5. The summed E-state index contributed by atoms with van der Waals surface area (Å²) in [4.78, 5) is 4.15. The molecule has 0 bridgehead atoms. The first-order chi connectivity index (χ1) is 11.3. The summed E-state index contributed by atoms with van der Waals surface area (Å²) in [7, 11) is 2.27. The van der Waals surface area contributed by atoms with E-state index in [2.05, 4.69) is 34.8 Å². The number of nitrogens with zero attached hydrogens (tertiary/aromatic N) is 1. The minimum Gasteiger partial charge on any atom is -0.364 e. The van der Waals surface area contributed by atoms with Gasteiger partial charge in [-0.05, 0) is 64.1 Å². The molecular weight excluding hydrogens is 304 g/mol. The first kappa shape index (κ1) is 15.9. The summed E-state index contributed by atoms with van der Waals surface area (Å²) in [5, 5.41) is 12.6. The molecule has 4 rings (SSSR count). The first-order valence-corrected chi connectivity index (χ1v) is 10.2. The van der Waals surface area contributed by atoms with Crippen LogP contribution in [0.3, 0.4) is 0 Å². The highest BCUT2D eigenvalue weighted by Gasteiger charge is 2.32. The predicted octanol–water partition coefficient (Wildman–Crippen LogP) is 3.06. The molecule has 3 aliphatic rings. The lowest BCUT2D eigenvalue weighted by atomic mass is 9.89. The van der Waals surface area contributed by atoms with E-state index in [1.54, 1.807) is 16.0 Å². The second kappa shape index (κ2) is 6.71. The Morgan fingerprint density at radius 1 is 1.22 bits per heavy atom. The fourth-order valence-electron chi connectivity index (χ4n) is 4.52. The molecular formula is C18H30N4S. The Bertz CT molecular complexity index is 547. The molecule has 5 heteroatoms. The van der Waals surface area contributed by atoms with Crippen LogP contribution in [0.5, 0.6) is 0 Å². The molecule has 2 heterocycles. The molecule has 23 heavy (non-hydrogen) atoms. The Balaban J connectivity index is 1.42. The van der Waals surface area contributed by atoms with Gasteiger partial charge in [0.25, 0.3) is 0 Å². The molecule has 128 valence electrons. The van der Waals surface area contributed by atoms with Gasteiger partial charge in [0.15, 0.2) is 0 Å². The average Bonchev–Trinajstić information content (AvgIpc) is 3.16. The smallest absolute Gasteiger partial charge is 0.0960 e. The topological polar surface area (TPSA) is 39.3 Å². The SMILES string of the molecule is CCN(C)C1CCC(NC2NCNc3sc4c(c32)CCC4)CC1. The van der Waals surface area contributed by atoms with Crippen LogP contribution in [-0.2, 0) is 12.8 Å². The van der Waals surface area contributed by atoms with Crippen LogP contribution in [0, 0.1) is 0 Å². The minimum absolute atomic E-state index is 0.356. The summed E-state index contributed by atoms with van der Waals surface area (Å²) in [6, 6.07) is 1.46. The van der Waals surface area contributed by atoms with Gasteiger partial charge in [-0.2, -0.15) is 0 Å². The van der Waals surface area contributed by atoms with E-state index >= 15 is 0 Å². The van der Waals surface area contributed by atoms with Gasteiger partial charge in [-0.3, -0.25) is 10.6 Å². The van der Waals surface area contributed by atoms with E-state index in [4.69, 9.17) is 0 Å². The van der Waals surface area contributed by atoms with E-state index < -0.39 is 0 Å². The summed E-state index contributed by atoms with van der Waals surface area (Å²) in [6.07, 6.45) is 9.55. The van der Waals surface area contributed by atoms with E-state index in [0.717, 1.165) is 12.7 Å². The molecule has 1 saturated carbocycles. The molecule has 0 spiro atoms. The Labute approximate surface area is 144 Å². The monoisotopic (exact) mass is 334 g/mol. The van der Waals surface area contributed by atoms with E-state index in [9.17, 15) is 0 Å². The average molecular weight is 335 g/mol. The number of hydrogen-bond donors (Lipinski definition) is 3. The first-order valence-electron chi connectivity index (χ1n) is 9.34. The maximum Gasteiger partial charge on any atom is 0.0960 e. The molecule has 1 unspecified atom stereocenters. The van der Waals surface area contributed by atoms with E-state index in [1.807, 2.05) is 11.3 Å². The molecule has 1 fully saturated rings. The zero-order valence-electron chi connectivity index (χ0n) is 14.5. The highest BCUT2D eigenvalue weighted by atomic mass is 32.1. The largest absolute Gasteiger partial charge is 0.364 e. The summed E-state index contributed by atoms with van der Waals surface area (Å²) in [5.41, 5.74) is 3.18. The molecule has 0 aromatic carbocycles. The van der Waals surface area contributed by atoms with Crippen molar-refractivity contribution in [1.29, 1.82) is 0 Å². The van der Waals surface area contributed by atoms with Gasteiger partial charge in [-0.1, -0.05) is 6.92 Å². The Kier molecular flexibility index (Phi) is 4.63. The third kappa shape index (κ3) is 3.04. The summed E-state index contributed by atoms with van der Waals surface area (Å²) >= 11 is 2.00. The standard InChI is InChI=1S/C18H30N4S/c1-3-22(2)13-9-7-12(8-10-13)21-17-16-14-5-4-6-15(14)23-18(16)20-11-19-17/h12-13,17,19-21H,3-11H2,1-2H3. The van der Waals surface area contributed by atoms with Crippen LogP contribution in [0.4, 0.5) is 5.00 Å². The highest BCUT2D eigenvalue weighted by Crippen LogP contribution is 2.43. The van der Waals surface area contributed by atoms with Crippen LogP contribution in [-0.4, -0.2) is 37.2 Å². The van der Waals surface area contributed by atoms with Gasteiger partial charge < -0.3 is 10.2 Å². The molecule has 1 aliphatic heterocycles. The molecule has 0 saturated heterocycles. The zero-order valence-corrected chi connectivity index (χ0v) is 15.3. The molecule has 1 aromatic heterocycles. The van der Waals surface area contributed by atoms with Gasteiger partial charge in [0.2, 0.25) is 0 Å². The number of anilines is 1. The summed E-state index contributed by atoms with van der Waals surface area (Å²) in [6.45, 7) is 4.32. The highest BCUT2D eigenvalue weighted by molar-refractivity contribution is 7.16. The van der Waals surface area contributed by atoms with Gasteiger partial charge in [0.05, 0.1) is 17.8 Å². The van der Waals surface area contributed by atoms with Crippen LogP contribution < -0.4 is 16.0 Å². The second-order valence-electron chi connectivity index (χ2n) is 7.34. The maximum atomic E-state index is 3.94. The zero-order chi connectivity index (χ0) is 15.8. The van der Waals surface area contributed by atoms with Crippen LogP contribution in [0.15, 0.2) is 0 Å². The summed E-state index contributed by atoms with van der Waals surface area (Å²) < 4.78 is 0. The van der Waals surface area contributed by atoms with Crippen molar-refractivity contribution in [3.05, 3.63) is 16.0 Å². The van der Waals surface area contributed by atoms with Crippen molar-refractivity contribution in [2.75, 3.05) is 25.6 Å². The van der Waals surface area contributed by atoms with E-state index in [1.165, 1.54) is 56.5 Å². The van der Waals surface area contributed by atoms with Crippen molar-refractivity contribution < 1.29 is 0 Å². The van der Waals surface area contributed by atoms with Crippen LogP contribution in [0.25, 0.3) is 0 Å². The van der Waals surface area contributed by atoms with Gasteiger partial charge in [0.1, 0.15) is 0 Å². The lowest BCUT2D eigenvalue weighted by Gasteiger charge is -2.37. The molecule has 1 atom stereocenters. The Morgan fingerprint density at radius 3 is 2.83 bits per heavy atom. The molecule has 1 aromatic rings. The molecule has 0 amide bonds. The minimum atomic E-state index is 0.356. The lowest BCUT2D eigenvalue weighted by Crippen LogP contribution is -2.47. The second-order valence-corrected chi connectivity index (χ2v) is 8.44. The lowest BCUT2D eigenvalue weighted by molar-refractivity contribution is 0.173. The molecule has 0 radical (unpaired) electrons. The van der Waals surface area contributed by atoms with Crippen LogP contribution >= 0.6 is 11.3 Å². The van der Waals surface area contributed by atoms with Gasteiger partial charge in [0, 0.05) is 22.5 Å². The van der Waals surface area contributed by atoms with Crippen LogP contribution in [0.2, 0.25) is 0 Å². The maximum absolute atomic E-state index is 3.94. The number of fused-ring (bicyclic) bond motifs is 3.